The summed E-state index contributed by atoms with van der Waals surface area (Å²) in [6.45, 7) is 1.83. The molecule has 0 unspecified atom stereocenters. The molecule has 0 saturated carbocycles. The first-order valence-corrected chi connectivity index (χ1v) is 12.3. The number of hydrogen-bond acceptors (Lipinski definition) is 8. The van der Waals surface area contributed by atoms with Gasteiger partial charge in [0.2, 0.25) is 0 Å². The highest BCUT2D eigenvalue weighted by atomic mass is 35.5. The van der Waals surface area contributed by atoms with Crippen molar-refractivity contribution in [2.24, 2.45) is 0 Å². The Labute approximate surface area is 206 Å². The molecular formula is C23H21ClN6O4S. The van der Waals surface area contributed by atoms with E-state index in [1.807, 2.05) is 43.3 Å². The average molecular weight is 513 g/mol. The molecule has 180 valence electrons. The van der Waals surface area contributed by atoms with Crippen LogP contribution in [0.25, 0.3) is 22.2 Å². The Hall–Kier alpha value is -3.98. The molecule has 4 aromatic rings. The number of aromatic amines is 1. The lowest BCUT2D eigenvalue weighted by Gasteiger charge is -2.20. The quantitative estimate of drug-likeness (QED) is 0.296. The molecule has 0 spiro atoms. The molecular weight excluding hydrogens is 492 g/mol. The van der Waals surface area contributed by atoms with Gasteiger partial charge in [-0.05, 0) is 24.6 Å². The third-order valence-electron chi connectivity index (χ3n) is 4.86. The Balaban J connectivity index is 0.000000623. The highest BCUT2D eigenvalue weighted by molar-refractivity contribution is 7.85. The highest BCUT2D eigenvalue weighted by Crippen LogP contribution is 2.31. The third kappa shape index (κ3) is 6.13. The summed E-state index contributed by atoms with van der Waals surface area (Å²) in [4.78, 5) is 24.8. The smallest absolute Gasteiger partial charge is 0.261 e. The molecule has 10 nitrogen and oxygen atoms in total. The molecule has 0 aliphatic rings. The summed E-state index contributed by atoms with van der Waals surface area (Å²) >= 11 is 6.35. The van der Waals surface area contributed by atoms with E-state index < -0.39 is 16.2 Å². The Kier molecular flexibility index (Phi) is 7.71. The summed E-state index contributed by atoms with van der Waals surface area (Å²) in [7, 11) is -3.67. The number of nitrogens with zero attached hydrogens (tertiary/aromatic N) is 3. The van der Waals surface area contributed by atoms with Crippen LogP contribution in [0.2, 0.25) is 5.02 Å². The van der Waals surface area contributed by atoms with Crippen molar-refractivity contribution in [2.75, 3.05) is 17.3 Å². The van der Waals surface area contributed by atoms with Gasteiger partial charge in [0, 0.05) is 10.9 Å². The molecule has 2 aromatic carbocycles. The Morgan fingerprint density at radius 1 is 1.17 bits per heavy atom. The van der Waals surface area contributed by atoms with Crippen LogP contribution in [-0.4, -0.2) is 34.2 Å². The number of pyridine rings is 1. The van der Waals surface area contributed by atoms with E-state index in [2.05, 4.69) is 20.3 Å². The molecule has 0 fully saturated rings. The largest absolute Gasteiger partial charge is 0.382 e. The fraction of sp³-hybridized carbons (Fsp3) is 0.130. The lowest BCUT2D eigenvalue weighted by molar-refractivity contribution is 0.490. The molecule has 0 bridgehead atoms. The van der Waals surface area contributed by atoms with Gasteiger partial charge < -0.3 is 16.0 Å². The van der Waals surface area contributed by atoms with Crippen LogP contribution in [-0.2, 0) is 10.1 Å². The van der Waals surface area contributed by atoms with Crippen molar-refractivity contribution in [2.45, 2.75) is 13.0 Å². The number of halogens is 1. The SMILES string of the molecule is CS(=O)(=O)O.C[C@H](Nc1ncnc(N)c1C#N)c1c(-c2ccccc2)[nH]c2c(Cl)cccc2c1=O. The van der Waals surface area contributed by atoms with E-state index in [0.29, 0.717) is 33.4 Å². The van der Waals surface area contributed by atoms with Gasteiger partial charge in [-0.1, -0.05) is 48.0 Å². The second kappa shape index (κ2) is 10.5. The summed E-state index contributed by atoms with van der Waals surface area (Å²) in [5, 5.41) is 13.5. The maximum Gasteiger partial charge on any atom is 0.261 e. The second-order valence-corrected chi connectivity index (χ2v) is 9.34. The van der Waals surface area contributed by atoms with Crippen LogP contribution in [0.3, 0.4) is 0 Å². The lowest BCUT2D eigenvalue weighted by atomic mass is 9.97. The fourth-order valence-corrected chi connectivity index (χ4v) is 3.65. The summed E-state index contributed by atoms with van der Waals surface area (Å²) in [5.74, 6) is 0.340. The number of hydrogen-bond donors (Lipinski definition) is 4. The zero-order chi connectivity index (χ0) is 25.8. The van der Waals surface area contributed by atoms with Gasteiger partial charge in [0.1, 0.15) is 29.6 Å². The van der Waals surface area contributed by atoms with Crippen LogP contribution >= 0.6 is 11.6 Å². The molecule has 35 heavy (non-hydrogen) atoms. The van der Waals surface area contributed by atoms with Crippen molar-refractivity contribution < 1.29 is 13.0 Å². The number of para-hydroxylation sites is 1. The number of benzene rings is 2. The summed E-state index contributed by atoms with van der Waals surface area (Å²) < 4.78 is 25.9. The summed E-state index contributed by atoms with van der Waals surface area (Å²) in [6, 6.07) is 16.2. The van der Waals surface area contributed by atoms with Crippen LogP contribution in [0.1, 0.15) is 24.1 Å². The van der Waals surface area contributed by atoms with Crippen LogP contribution in [0.5, 0.6) is 0 Å². The second-order valence-electron chi connectivity index (χ2n) is 7.46. The molecule has 4 rings (SSSR count). The number of rotatable bonds is 4. The average Bonchev–Trinajstić information content (AvgIpc) is 2.79. The van der Waals surface area contributed by atoms with Gasteiger partial charge in [-0.25, -0.2) is 9.97 Å². The van der Waals surface area contributed by atoms with Gasteiger partial charge in [-0.15, -0.1) is 0 Å². The first kappa shape index (κ1) is 25.6. The molecule has 5 N–H and O–H groups in total. The topological polar surface area (TPSA) is 175 Å². The van der Waals surface area contributed by atoms with Crippen molar-refractivity contribution in [3.63, 3.8) is 0 Å². The van der Waals surface area contributed by atoms with Crippen molar-refractivity contribution in [3.8, 4) is 17.3 Å². The molecule has 0 amide bonds. The molecule has 0 aliphatic carbocycles. The Morgan fingerprint density at radius 3 is 2.46 bits per heavy atom. The normalized spacial score (nSPS) is 11.7. The Bertz CT molecular complexity index is 1580. The lowest BCUT2D eigenvalue weighted by Crippen LogP contribution is -2.21. The molecule has 2 aromatic heterocycles. The third-order valence-corrected chi connectivity index (χ3v) is 5.17. The standard InChI is InChI=1S/C22H17ClN6O.CH4O3S/c1-12(28-22-15(10-24)21(25)26-11-27-22)17-18(13-6-3-2-4-7-13)29-19-14(20(17)30)8-5-9-16(19)23;1-5(2,3)4/h2-9,11-12H,1H3,(H,29,30)(H3,25,26,27,28);1H3,(H,2,3,4)/t12-;/m0./s1. The van der Waals surface area contributed by atoms with E-state index in [0.717, 1.165) is 5.56 Å². The minimum atomic E-state index is -3.67. The van der Waals surface area contributed by atoms with Gasteiger partial charge in [0.15, 0.2) is 5.43 Å². The Morgan fingerprint density at radius 2 is 1.83 bits per heavy atom. The number of anilines is 2. The zero-order valence-corrected chi connectivity index (χ0v) is 20.2. The number of fused-ring (bicyclic) bond motifs is 1. The van der Waals surface area contributed by atoms with E-state index in [1.54, 1.807) is 18.2 Å². The molecule has 0 radical (unpaired) electrons. The van der Waals surface area contributed by atoms with Crippen molar-refractivity contribution >= 4 is 44.3 Å². The van der Waals surface area contributed by atoms with E-state index in [1.165, 1.54) is 6.33 Å². The van der Waals surface area contributed by atoms with Crippen LogP contribution in [0.4, 0.5) is 11.6 Å². The van der Waals surface area contributed by atoms with Crippen molar-refractivity contribution in [3.05, 3.63) is 81.2 Å². The van der Waals surface area contributed by atoms with Gasteiger partial charge in [-0.2, -0.15) is 13.7 Å². The summed E-state index contributed by atoms with van der Waals surface area (Å²) in [5.41, 5.74) is 8.31. The summed E-state index contributed by atoms with van der Waals surface area (Å²) in [6.07, 6.45) is 1.99. The molecule has 12 heteroatoms. The number of aromatic nitrogens is 3. The van der Waals surface area contributed by atoms with Crippen LogP contribution in [0, 0.1) is 11.3 Å². The highest BCUT2D eigenvalue weighted by Gasteiger charge is 2.21. The first-order chi connectivity index (χ1) is 16.5. The fourth-order valence-electron chi connectivity index (χ4n) is 3.43. The van der Waals surface area contributed by atoms with Gasteiger partial charge >= 0.3 is 0 Å². The van der Waals surface area contributed by atoms with Crippen LogP contribution in [0.15, 0.2) is 59.7 Å². The predicted octanol–water partition coefficient (Wildman–Crippen LogP) is 3.77. The number of nitriles is 1. The minimum Gasteiger partial charge on any atom is -0.382 e. The molecule has 0 saturated heterocycles. The van der Waals surface area contributed by atoms with E-state index in [4.69, 9.17) is 21.9 Å². The van der Waals surface area contributed by atoms with Crippen molar-refractivity contribution in [1.29, 1.82) is 5.26 Å². The first-order valence-electron chi connectivity index (χ1n) is 10.1. The molecule has 0 aliphatic heterocycles. The van der Waals surface area contributed by atoms with Crippen molar-refractivity contribution in [1.82, 2.24) is 15.0 Å². The number of nitrogen functional groups attached to an aromatic ring is 1. The maximum absolute atomic E-state index is 13.5. The van der Waals surface area contributed by atoms with E-state index in [-0.39, 0.29) is 22.6 Å². The molecule has 1 atom stereocenters. The number of nitrogens with one attached hydrogen (secondary N) is 2. The monoisotopic (exact) mass is 512 g/mol. The van der Waals surface area contributed by atoms with E-state index in [9.17, 15) is 18.5 Å². The van der Waals surface area contributed by atoms with Crippen LogP contribution < -0.4 is 16.5 Å². The van der Waals surface area contributed by atoms with Gasteiger partial charge in [-0.3, -0.25) is 9.35 Å². The maximum atomic E-state index is 13.5. The molecule has 2 heterocycles. The number of nitrogens with two attached hydrogens (primary N) is 1. The van der Waals surface area contributed by atoms with Gasteiger partial charge in [0.25, 0.3) is 10.1 Å². The van der Waals surface area contributed by atoms with E-state index >= 15 is 0 Å². The zero-order valence-electron chi connectivity index (χ0n) is 18.7. The van der Waals surface area contributed by atoms with Gasteiger partial charge in [0.05, 0.1) is 28.5 Å². The predicted molar refractivity (Wildman–Crippen MR) is 136 cm³/mol. The number of H-pyrrole nitrogens is 1. The minimum absolute atomic E-state index is 0.0738.